The van der Waals surface area contributed by atoms with Gasteiger partial charge < -0.3 is 25.7 Å². The number of rotatable bonds is 8. The number of amides is 3. The second-order valence-corrected chi connectivity index (χ2v) is 7.68. The summed E-state index contributed by atoms with van der Waals surface area (Å²) in [6.07, 6.45) is 0.139. The summed E-state index contributed by atoms with van der Waals surface area (Å²) in [5, 5.41) is 24.6. The third-order valence-corrected chi connectivity index (χ3v) is 6.04. The Morgan fingerprint density at radius 3 is 2.39 bits per heavy atom. The van der Waals surface area contributed by atoms with Crippen molar-refractivity contribution >= 4 is 41.4 Å². The van der Waals surface area contributed by atoms with E-state index in [1.54, 1.807) is 19.3 Å². The molecule has 3 unspecified atom stereocenters. The van der Waals surface area contributed by atoms with Crippen LogP contribution in [0.5, 0.6) is 0 Å². The van der Waals surface area contributed by atoms with Gasteiger partial charge in [0.15, 0.2) is 6.04 Å². The normalized spacial score (nSPS) is 25.5. The lowest BCUT2D eigenvalue weighted by molar-refractivity contribution is -0.162. The molecule has 1 fully saturated rings. The first kappa shape index (κ1) is 21.7. The first-order valence-electron chi connectivity index (χ1n) is 8.83. The fraction of sp³-hybridized carbons (Fsp3) is 0.588. The zero-order valence-electron chi connectivity index (χ0n) is 15.7. The standard InChI is InChI=1S/C17H23N3O7S/c1-4-6-17(16(26)27,19-9(21)5-2)15(25)18-10-12(22)20-11(14(23)24)8(3)7-28-13(10)20/h7,10-11,13H,4-6H2,1-3H3,(H,18,25)(H,19,21)(H,23,24)(H,26,27)/t10?,11?,13-,17?/m1/s1. The quantitative estimate of drug-likeness (QED) is 0.318. The van der Waals surface area contributed by atoms with Crippen molar-refractivity contribution in [2.45, 2.75) is 63.0 Å². The highest BCUT2D eigenvalue weighted by Crippen LogP contribution is 2.40. The molecule has 0 saturated carbocycles. The fourth-order valence-electron chi connectivity index (χ4n) is 3.27. The van der Waals surface area contributed by atoms with E-state index in [1.807, 2.05) is 0 Å². The number of hydrogen-bond donors (Lipinski definition) is 4. The molecule has 154 valence electrons. The number of β-lactam (4-membered cyclic amide) rings is 1. The molecule has 4 atom stereocenters. The van der Waals surface area contributed by atoms with Crippen LogP contribution in [0.3, 0.4) is 0 Å². The number of fused-ring (bicyclic) bond motifs is 1. The topological polar surface area (TPSA) is 153 Å². The zero-order valence-corrected chi connectivity index (χ0v) is 16.5. The Morgan fingerprint density at radius 1 is 1.25 bits per heavy atom. The van der Waals surface area contributed by atoms with Crippen molar-refractivity contribution in [2.24, 2.45) is 0 Å². The lowest BCUT2D eigenvalue weighted by Gasteiger charge is -2.51. The number of carbonyl (C=O) groups excluding carboxylic acids is 3. The summed E-state index contributed by atoms with van der Waals surface area (Å²) in [7, 11) is 0. The van der Waals surface area contributed by atoms with Crippen molar-refractivity contribution < 1.29 is 34.2 Å². The van der Waals surface area contributed by atoms with Crippen LogP contribution in [0.2, 0.25) is 0 Å². The van der Waals surface area contributed by atoms with Crippen molar-refractivity contribution in [1.29, 1.82) is 0 Å². The molecule has 0 radical (unpaired) electrons. The van der Waals surface area contributed by atoms with E-state index in [0.717, 1.165) is 4.90 Å². The summed E-state index contributed by atoms with van der Waals surface area (Å²) in [5.41, 5.74) is -1.70. The third-order valence-electron chi connectivity index (χ3n) is 4.75. The Balaban J connectivity index is 2.25. The molecule has 0 spiro atoms. The van der Waals surface area contributed by atoms with Gasteiger partial charge >= 0.3 is 11.9 Å². The van der Waals surface area contributed by atoms with Gasteiger partial charge in [0.05, 0.1) is 0 Å². The van der Waals surface area contributed by atoms with E-state index in [-0.39, 0.29) is 12.8 Å². The van der Waals surface area contributed by atoms with Gasteiger partial charge in [-0.15, -0.1) is 11.8 Å². The van der Waals surface area contributed by atoms with Gasteiger partial charge in [-0.2, -0.15) is 0 Å². The maximum absolute atomic E-state index is 12.8. The molecule has 10 nitrogen and oxygen atoms in total. The van der Waals surface area contributed by atoms with E-state index in [4.69, 9.17) is 0 Å². The predicted octanol–water partition coefficient (Wildman–Crippen LogP) is -0.107. The summed E-state index contributed by atoms with van der Waals surface area (Å²) < 4.78 is 0. The molecule has 0 aliphatic carbocycles. The van der Waals surface area contributed by atoms with E-state index in [2.05, 4.69) is 10.6 Å². The van der Waals surface area contributed by atoms with E-state index in [0.29, 0.717) is 12.0 Å². The molecule has 2 aliphatic rings. The molecule has 0 bridgehead atoms. The van der Waals surface area contributed by atoms with Crippen LogP contribution in [0.1, 0.15) is 40.0 Å². The number of carboxylic acid groups (broad SMARTS) is 2. The molecule has 0 aromatic heterocycles. The maximum atomic E-state index is 12.8. The van der Waals surface area contributed by atoms with Gasteiger partial charge in [-0.05, 0) is 24.3 Å². The fourth-order valence-corrected chi connectivity index (χ4v) is 4.45. The number of nitrogens with zero attached hydrogens (tertiary/aromatic N) is 1. The smallest absolute Gasteiger partial charge is 0.339 e. The highest BCUT2D eigenvalue weighted by atomic mass is 32.2. The second-order valence-electron chi connectivity index (χ2n) is 6.69. The number of nitrogens with one attached hydrogen (secondary N) is 2. The monoisotopic (exact) mass is 413 g/mol. The van der Waals surface area contributed by atoms with E-state index >= 15 is 0 Å². The van der Waals surface area contributed by atoms with Crippen molar-refractivity contribution in [2.75, 3.05) is 0 Å². The lowest BCUT2D eigenvalue weighted by atomic mass is 9.90. The van der Waals surface area contributed by atoms with Crippen molar-refractivity contribution in [3.8, 4) is 0 Å². The van der Waals surface area contributed by atoms with E-state index in [9.17, 15) is 34.2 Å². The predicted molar refractivity (Wildman–Crippen MR) is 99.0 cm³/mol. The second kappa shape index (κ2) is 8.21. The van der Waals surface area contributed by atoms with Gasteiger partial charge in [0, 0.05) is 6.42 Å². The van der Waals surface area contributed by atoms with Crippen molar-refractivity contribution in [1.82, 2.24) is 15.5 Å². The molecule has 0 aromatic rings. The SMILES string of the molecule is CCCC(NC(=O)CC)(C(=O)O)C(=O)NC1C(=O)N2C(C(=O)O)C(C)=CS[C@H]12. The molecule has 4 N–H and O–H groups in total. The molecule has 2 rings (SSSR count). The Morgan fingerprint density at radius 2 is 1.89 bits per heavy atom. The average molecular weight is 413 g/mol. The Hall–Kier alpha value is -2.56. The first-order valence-corrected chi connectivity index (χ1v) is 9.77. The number of hydrogen-bond acceptors (Lipinski definition) is 6. The third kappa shape index (κ3) is 3.58. The molecular weight excluding hydrogens is 390 g/mol. The first-order chi connectivity index (χ1) is 13.1. The van der Waals surface area contributed by atoms with E-state index < -0.39 is 52.7 Å². The summed E-state index contributed by atoms with van der Waals surface area (Å²) in [6.45, 7) is 4.79. The van der Waals surface area contributed by atoms with Crippen LogP contribution in [0.4, 0.5) is 0 Å². The van der Waals surface area contributed by atoms with Crippen LogP contribution in [0.15, 0.2) is 11.0 Å². The van der Waals surface area contributed by atoms with Crippen LogP contribution >= 0.6 is 11.8 Å². The number of thioether (sulfide) groups is 1. The molecule has 0 aromatic carbocycles. The van der Waals surface area contributed by atoms with Crippen LogP contribution in [-0.4, -0.2) is 67.8 Å². The molecule has 2 heterocycles. The van der Waals surface area contributed by atoms with Crippen LogP contribution in [0.25, 0.3) is 0 Å². The van der Waals surface area contributed by atoms with Gasteiger partial charge in [0.25, 0.3) is 5.91 Å². The number of carbonyl (C=O) groups is 5. The Labute approximate surface area is 165 Å². The Bertz CT molecular complexity index is 753. The summed E-state index contributed by atoms with van der Waals surface area (Å²) in [6, 6.07) is -2.19. The van der Waals surface area contributed by atoms with Crippen LogP contribution in [0, 0.1) is 0 Å². The molecule has 11 heteroatoms. The number of carboxylic acids is 2. The average Bonchev–Trinajstić information content (AvgIpc) is 2.64. The minimum atomic E-state index is -2.19. The van der Waals surface area contributed by atoms with Gasteiger partial charge in [-0.25, -0.2) is 9.59 Å². The van der Waals surface area contributed by atoms with Gasteiger partial charge in [0.1, 0.15) is 11.4 Å². The molecule has 3 amide bonds. The van der Waals surface area contributed by atoms with Gasteiger partial charge in [-0.3, -0.25) is 14.4 Å². The summed E-state index contributed by atoms with van der Waals surface area (Å²) >= 11 is 1.18. The van der Waals surface area contributed by atoms with Gasteiger partial charge in [-0.1, -0.05) is 20.3 Å². The molecule has 2 aliphatic heterocycles. The van der Waals surface area contributed by atoms with E-state index in [1.165, 1.54) is 18.7 Å². The number of aliphatic carboxylic acids is 2. The highest BCUT2D eigenvalue weighted by Gasteiger charge is 2.57. The summed E-state index contributed by atoms with van der Waals surface area (Å²) in [5.74, 6) is -4.92. The summed E-state index contributed by atoms with van der Waals surface area (Å²) in [4.78, 5) is 61.6. The minimum absolute atomic E-state index is 0.00893. The molecule has 1 saturated heterocycles. The molecule has 28 heavy (non-hydrogen) atoms. The lowest BCUT2D eigenvalue weighted by Crippen LogP contribution is -2.76. The maximum Gasteiger partial charge on any atom is 0.339 e. The van der Waals surface area contributed by atoms with Crippen molar-refractivity contribution in [3.05, 3.63) is 11.0 Å². The molecular formula is C17H23N3O7S. The Kier molecular flexibility index (Phi) is 6.37. The van der Waals surface area contributed by atoms with Crippen molar-refractivity contribution in [3.63, 3.8) is 0 Å². The van der Waals surface area contributed by atoms with Crippen LogP contribution in [-0.2, 0) is 24.0 Å². The van der Waals surface area contributed by atoms with Crippen LogP contribution < -0.4 is 10.6 Å². The largest absolute Gasteiger partial charge is 0.479 e. The zero-order chi connectivity index (χ0) is 21.2. The highest BCUT2D eigenvalue weighted by molar-refractivity contribution is 8.02. The minimum Gasteiger partial charge on any atom is -0.479 e. The van der Waals surface area contributed by atoms with Gasteiger partial charge in [0.2, 0.25) is 17.4 Å².